The van der Waals surface area contributed by atoms with Crippen LogP contribution in [0.5, 0.6) is 11.5 Å². The van der Waals surface area contributed by atoms with E-state index in [9.17, 15) is 22.8 Å². The maximum Gasteiger partial charge on any atom is 0.573 e. The molecule has 0 bridgehead atoms. The second-order valence-electron chi connectivity index (χ2n) is 5.32. The summed E-state index contributed by atoms with van der Waals surface area (Å²) < 4.78 is 49.9. The predicted octanol–water partition coefficient (Wildman–Crippen LogP) is 3.56. The normalized spacial score (nSPS) is 10.9. The molecule has 0 aliphatic heterocycles. The van der Waals surface area contributed by atoms with Gasteiger partial charge >= 0.3 is 12.3 Å². The molecule has 27 heavy (non-hydrogen) atoms. The lowest BCUT2D eigenvalue weighted by Crippen LogP contribution is -2.18. The van der Waals surface area contributed by atoms with Crippen LogP contribution >= 0.6 is 0 Å². The van der Waals surface area contributed by atoms with Gasteiger partial charge in [0.2, 0.25) is 5.91 Å². The highest BCUT2D eigenvalue weighted by molar-refractivity contribution is 6.02. The van der Waals surface area contributed by atoms with Crippen molar-refractivity contribution in [2.45, 2.75) is 12.8 Å². The highest BCUT2D eigenvalue weighted by atomic mass is 19.4. The van der Waals surface area contributed by atoms with Crippen LogP contribution in [0.2, 0.25) is 0 Å². The van der Waals surface area contributed by atoms with E-state index < -0.39 is 18.2 Å². The van der Waals surface area contributed by atoms with Crippen LogP contribution in [-0.2, 0) is 16.0 Å². The van der Waals surface area contributed by atoms with E-state index in [1.807, 2.05) is 0 Å². The first-order valence-corrected chi connectivity index (χ1v) is 7.62. The van der Waals surface area contributed by atoms with E-state index >= 15 is 0 Å². The van der Waals surface area contributed by atoms with E-state index in [0.717, 1.165) is 12.1 Å². The number of anilines is 1. The Labute approximate surface area is 152 Å². The Balaban J connectivity index is 2.08. The number of carbonyl (C=O) groups is 2. The zero-order chi connectivity index (χ0) is 20.0. The lowest BCUT2D eigenvalue weighted by atomic mass is 10.1. The molecule has 0 atom stereocenters. The first-order valence-electron chi connectivity index (χ1n) is 7.62. The molecule has 0 saturated carbocycles. The summed E-state index contributed by atoms with van der Waals surface area (Å²) in [5.41, 5.74) is 0.805. The summed E-state index contributed by atoms with van der Waals surface area (Å²) in [5.74, 6) is -1.09. The largest absolute Gasteiger partial charge is 0.573 e. The number of esters is 1. The van der Waals surface area contributed by atoms with Crippen LogP contribution < -0.4 is 14.8 Å². The number of rotatable bonds is 6. The monoisotopic (exact) mass is 383 g/mol. The summed E-state index contributed by atoms with van der Waals surface area (Å²) in [4.78, 5) is 24.1. The fraction of sp³-hybridized carbons (Fsp3) is 0.222. The molecular weight excluding hydrogens is 367 g/mol. The zero-order valence-electron chi connectivity index (χ0n) is 14.4. The summed E-state index contributed by atoms with van der Waals surface area (Å²) >= 11 is 0. The van der Waals surface area contributed by atoms with Gasteiger partial charge in [0.1, 0.15) is 11.5 Å². The Morgan fingerprint density at radius 1 is 1.00 bits per heavy atom. The van der Waals surface area contributed by atoms with Crippen molar-refractivity contribution < 1.29 is 37.0 Å². The van der Waals surface area contributed by atoms with Crippen molar-refractivity contribution in [3.05, 3.63) is 53.6 Å². The molecule has 0 radical (unpaired) electrons. The van der Waals surface area contributed by atoms with Gasteiger partial charge in [-0.25, -0.2) is 4.79 Å². The lowest BCUT2D eigenvalue weighted by molar-refractivity contribution is -0.274. The molecule has 0 aromatic heterocycles. The van der Waals surface area contributed by atoms with E-state index in [0.29, 0.717) is 11.3 Å². The van der Waals surface area contributed by atoms with Crippen LogP contribution in [0.15, 0.2) is 42.5 Å². The van der Waals surface area contributed by atoms with E-state index in [2.05, 4.69) is 14.8 Å². The minimum atomic E-state index is -4.78. The Bertz CT molecular complexity index is 819. The van der Waals surface area contributed by atoms with E-state index in [4.69, 9.17) is 4.74 Å². The van der Waals surface area contributed by atoms with Crippen molar-refractivity contribution >= 4 is 17.6 Å². The molecule has 0 saturated heterocycles. The van der Waals surface area contributed by atoms with Crippen molar-refractivity contribution in [1.82, 2.24) is 0 Å². The minimum Gasteiger partial charge on any atom is -0.497 e. The van der Waals surface area contributed by atoms with Crippen LogP contribution in [-0.4, -0.2) is 32.5 Å². The van der Waals surface area contributed by atoms with Gasteiger partial charge in [0.05, 0.1) is 31.9 Å². The molecule has 2 rings (SSSR count). The molecule has 0 heterocycles. The third-order valence-corrected chi connectivity index (χ3v) is 3.43. The molecule has 6 nitrogen and oxygen atoms in total. The summed E-state index contributed by atoms with van der Waals surface area (Å²) in [5, 5.41) is 2.57. The maximum absolute atomic E-state index is 12.2. The Morgan fingerprint density at radius 2 is 1.63 bits per heavy atom. The van der Waals surface area contributed by atoms with E-state index in [-0.39, 0.29) is 23.4 Å². The maximum atomic E-state index is 12.2. The van der Waals surface area contributed by atoms with Gasteiger partial charge in [-0.15, -0.1) is 13.2 Å². The molecule has 0 fully saturated rings. The highest BCUT2D eigenvalue weighted by Gasteiger charge is 2.31. The van der Waals surface area contributed by atoms with Crippen molar-refractivity contribution in [3.8, 4) is 11.5 Å². The molecule has 0 aliphatic carbocycles. The second kappa shape index (κ2) is 8.43. The number of carbonyl (C=O) groups excluding carboxylic acids is 2. The van der Waals surface area contributed by atoms with Gasteiger partial charge in [-0.05, 0) is 35.9 Å². The average molecular weight is 383 g/mol. The van der Waals surface area contributed by atoms with Crippen LogP contribution in [0.25, 0.3) is 0 Å². The van der Waals surface area contributed by atoms with Crippen molar-refractivity contribution in [2.75, 3.05) is 19.5 Å². The number of methoxy groups -OCH3 is 2. The Hall–Kier alpha value is -3.23. The molecule has 1 N–H and O–H groups in total. The number of halogens is 3. The zero-order valence-corrected chi connectivity index (χ0v) is 14.4. The van der Waals surface area contributed by atoms with Crippen LogP contribution in [0.1, 0.15) is 15.9 Å². The number of ether oxygens (including phenoxy) is 3. The van der Waals surface area contributed by atoms with E-state index in [1.165, 1.54) is 38.5 Å². The van der Waals surface area contributed by atoms with Gasteiger partial charge < -0.3 is 19.5 Å². The van der Waals surface area contributed by atoms with Crippen molar-refractivity contribution in [1.29, 1.82) is 0 Å². The van der Waals surface area contributed by atoms with Gasteiger partial charge in [-0.1, -0.05) is 12.1 Å². The summed E-state index contributed by atoms with van der Waals surface area (Å²) in [6, 6.07) is 9.39. The average Bonchev–Trinajstić information content (AvgIpc) is 2.61. The SMILES string of the molecule is COC(=O)c1cc(OC)ccc1NC(=O)Cc1ccc(OC(F)(F)F)cc1. The first-order chi connectivity index (χ1) is 12.7. The number of benzene rings is 2. The standard InChI is InChI=1S/C18H16F3NO5/c1-25-13-7-8-15(14(10-13)17(24)26-2)22-16(23)9-11-3-5-12(6-4-11)27-18(19,20)21/h3-8,10H,9H2,1-2H3,(H,22,23). The third kappa shape index (κ3) is 5.91. The van der Waals surface area contributed by atoms with Gasteiger partial charge in [0.15, 0.2) is 0 Å². The van der Waals surface area contributed by atoms with Crippen LogP contribution in [0.3, 0.4) is 0 Å². The quantitative estimate of drug-likeness (QED) is 0.772. The molecule has 2 aromatic rings. The molecule has 144 valence electrons. The van der Waals surface area contributed by atoms with Gasteiger partial charge in [0.25, 0.3) is 0 Å². The smallest absolute Gasteiger partial charge is 0.497 e. The fourth-order valence-electron chi connectivity index (χ4n) is 2.23. The summed E-state index contributed by atoms with van der Waals surface area (Å²) in [7, 11) is 2.64. The molecule has 9 heteroatoms. The molecule has 1 amide bonds. The number of amides is 1. The van der Waals surface area contributed by atoms with Gasteiger partial charge in [-0.3, -0.25) is 4.79 Å². The fourth-order valence-corrected chi connectivity index (χ4v) is 2.23. The first kappa shape index (κ1) is 20.1. The number of hydrogen-bond donors (Lipinski definition) is 1. The van der Waals surface area contributed by atoms with Crippen molar-refractivity contribution in [3.63, 3.8) is 0 Å². The van der Waals surface area contributed by atoms with Crippen LogP contribution in [0.4, 0.5) is 18.9 Å². The predicted molar refractivity (Wildman–Crippen MR) is 89.8 cm³/mol. The summed E-state index contributed by atoms with van der Waals surface area (Å²) in [6.07, 6.45) is -4.89. The number of nitrogens with one attached hydrogen (secondary N) is 1. The topological polar surface area (TPSA) is 73.9 Å². The Kier molecular flexibility index (Phi) is 6.27. The van der Waals surface area contributed by atoms with E-state index in [1.54, 1.807) is 6.07 Å². The van der Waals surface area contributed by atoms with Gasteiger partial charge in [-0.2, -0.15) is 0 Å². The summed E-state index contributed by atoms with van der Waals surface area (Å²) in [6.45, 7) is 0. The van der Waals surface area contributed by atoms with Crippen molar-refractivity contribution in [2.24, 2.45) is 0 Å². The number of alkyl halides is 3. The lowest BCUT2D eigenvalue weighted by Gasteiger charge is -2.12. The van der Waals surface area contributed by atoms with Crippen LogP contribution in [0, 0.1) is 0 Å². The highest BCUT2D eigenvalue weighted by Crippen LogP contribution is 2.24. The second-order valence-corrected chi connectivity index (χ2v) is 5.32. The molecule has 2 aromatic carbocycles. The van der Waals surface area contributed by atoms with Gasteiger partial charge in [0, 0.05) is 0 Å². The minimum absolute atomic E-state index is 0.110. The molecule has 0 unspecified atom stereocenters. The number of hydrogen-bond acceptors (Lipinski definition) is 5. The third-order valence-electron chi connectivity index (χ3n) is 3.43. The Morgan fingerprint density at radius 3 is 2.19 bits per heavy atom. The molecule has 0 aliphatic rings. The molecular formula is C18H16F3NO5. The molecule has 0 spiro atoms.